The molecule has 0 saturated heterocycles. The summed E-state index contributed by atoms with van der Waals surface area (Å²) in [4.78, 5) is 0. The van der Waals surface area contributed by atoms with Gasteiger partial charge in [-0.05, 0) is 31.8 Å². The molecule has 0 N–H and O–H groups in total. The fraction of sp³-hybridized carbons (Fsp3) is 0.600. The minimum Gasteiger partial charge on any atom is -0.504 e. The van der Waals surface area contributed by atoms with Crippen LogP contribution in [0.2, 0.25) is 0 Å². The van der Waals surface area contributed by atoms with Crippen LogP contribution < -0.4 is 0 Å². The highest BCUT2D eigenvalue weighted by Gasteiger charge is 2.02. The predicted octanol–water partition coefficient (Wildman–Crippen LogP) is 3.04. The molecule has 0 aliphatic heterocycles. The van der Waals surface area contributed by atoms with E-state index in [0.717, 1.165) is 0 Å². The van der Waals surface area contributed by atoms with Gasteiger partial charge in [0.05, 0.1) is 13.4 Å². The Morgan fingerprint density at radius 2 is 1.91 bits per heavy atom. The number of hydrogen-bond acceptors (Lipinski definition) is 1. The maximum atomic E-state index is 4.81. The Bertz CT molecular complexity index is 148. The summed E-state index contributed by atoms with van der Waals surface area (Å²) in [6.45, 7) is 0. The summed E-state index contributed by atoms with van der Waals surface area (Å²) in [5.74, 6) is 0. The van der Waals surface area contributed by atoms with Crippen LogP contribution in [0.5, 0.6) is 0 Å². The van der Waals surface area contributed by atoms with Gasteiger partial charge in [0.15, 0.2) is 0 Å². The standard InChI is InChI=1S/C10H16O/c1-11-9-5-8-10-6-3-2-4-7-10/h5,8-9H,2-4,6-7H2,1H3. The molecule has 1 aliphatic rings. The molecule has 0 spiro atoms. The Morgan fingerprint density at radius 3 is 2.55 bits per heavy atom. The van der Waals surface area contributed by atoms with E-state index in [2.05, 4.69) is 6.08 Å². The first-order valence-electron chi connectivity index (χ1n) is 4.31. The Labute approximate surface area is 68.8 Å². The van der Waals surface area contributed by atoms with Crippen molar-refractivity contribution < 1.29 is 4.74 Å². The predicted molar refractivity (Wildman–Crippen MR) is 47.3 cm³/mol. The summed E-state index contributed by atoms with van der Waals surface area (Å²) in [5, 5.41) is 0. The van der Waals surface area contributed by atoms with E-state index in [1.54, 1.807) is 18.9 Å². The molecule has 0 atom stereocenters. The molecule has 0 unspecified atom stereocenters. The second-order valence-electron chi connectivity index (χ2n) is 2.95. The zero-order chi connectivity index (χ0) is 7.94. The first-order valence-corrected chi connectivity index (χ1v) is 4.31. The van der Waals surface area contributed by atoms with Crippen LogP contribution in [0, 0.1) is 0 Å². The molecule has 1 nitrogen and oxygen atoms in total. The van der Waals surface area contributed by atoms with Gasteiger partial charge < -0.3 is 4.74 Å². The average Bonchev–Trinajstić information content (AvgIpc) is 2.07. The fourth-order valence-electron chi connectivity index (χ4n) is 1.43. The molecule has 0 aromatic rings. The van der Waals surface area contributed by atoms with Gasteiger partial charge in [0, 0.05) is 0 Å². The highest BCUT2D eigenvalue weighted by atomic mass is 16.5. The molecule has 1 fully saturated rings. The summed E-state index contributed by atoms with van der Waals surface area (Å²) in [6, 6.07) is 0. The van der Waals surface area contributed by atoms with Crippen molar-refractivity contribution in [2.45, 2.75) is 32.1 Å². The minimum atomic E-state index is 1.29. The van der Waals surface area contributed by atoms with Crippen LogP contribution in [0.15, 0.2) is 24.0 Å². The molecule has 1 saturated carbocycles. The molecule has 1 aliphatic carbocycles. The Morgan fingerprint density at radius 1 is 1.18 bits per heavy atom. The Kier molecular flexibility index (Phi) is 3.81. The molecular weight excluding hydrogens is 136 g/mol. The van der Waals surface area contributed by atoms with Crippen LogP contribution in [0.3, 0.4) is 0 Å². The van der Waals surface area contributed by atoms with Gasteiger partial charge in [-0.3, -0.25) is 0 Å². The van der Waals surface area contributed by atoms with Crippen molar-refractivity contribution in [3.05, 3.63) is 24.0 Å². The molecule has 1 heteroatoms. The van der Waals surface area contributed by atoms with Crippen LogP contribution in [0.1, 0.15) is 32.1 Å². The number of rotatable bonds is 2. The van der Waals surface area contributed by atoms with Crippen molar-refractivity contribution in [3.63, 3.8) is 0 Å². The zero-order valence-corrected chi connectivity index (χ0v) is 7.18. The molecule has 0 aromatic carbocycles. The molecule has 11 heavy (non-hydrogen) atoms. The van der Waals surface area contributed by atoms with Crippen molar-refractivity contribution in [2.24, 2.45) is 0 Å². The summed E-state index contributed by atoms with van der Waals surface area (Å²) in [7, 11) is 1.68. The number of methoxy groups -OCH3 is 1. The summed E-state index contributed by atoms with van der Waals surface area (Å²) >= 11 is 0. The van der Waals surface area contributed by atoms with E-state index in [9.17, 15) is 0 Å². The topological polar surface area (TPSA) is 9.23 Å². The third kappa shape index (κ3) is 3.26. The number of ether oxygens (including phenoxy) is 1. The van der Waals surface area contributed by atoms with E-state index >= 15 is 0 Å². The van der Waals surface area contributed by atoms with E-state index in [-0.39, 0.29) is 0 Å². The first kappa shape index (κ1) is 8.38. The monoisotopic (exact) mass is 152 g/mol. The highest BCUT2D eigenvalue weighted by Crippen LogP contribution is 2.22. The minimum absolute atomic E-state index is 1.29. The third-order valence-electron chi connectivity index (χ3n) is 2.04. The summed E-state index contributed by atoms with van der Waals surface area (Å²) in [6.07, 6.45) is 12.6. The lowest BCUT2D eigenvalue weighted by Gasteiger charge is -2.11. The van der Waals surface area contributed by atoms with Gasteiger partial charge in [-0.15, -0.1) is 0 Å². The zero-order valence-electron chi connectivity index (χ0n) is 7.18. The van der Waals surface area contributed by atoms with Crippen molar-refractivity contribution in [1.29, 1.82) is 0 Å². The number of hydrogen-bond donors (Lipinski definition) is 0. The van der Waals surface area contributed by atoms with Gasteiger partial charge in [0.1, 0.15) is 0 Å². The molecular formula is C10H16O. The smallest absolute Gasteiger partial charge is 0.0824 e. The second kappa shape index (κ2) is 5.00. The second-order valence-corrected chi connectivity index (χ2v) is 2.95. The highest BCUT2D eigenvalue weighted by molar-refractivity contribution is 5.12. The van der Waals surface area contributed by atoms with Crippen molar-refractivity contribution in [2.75, 3.05) is 7.11 Å². The van der Waals surface area contributed by atoms with Crippen LogP contribution in [-0.2, 0) is 4.74 Å². The SMILES string of the molecule is COC=CC=C1CCCCC1. The lowest BCUT2D eigenvalue weighted by molar-refractivity contribution is 0.338. The lowest BCUT2D eigenvalue weighted by atomic mass is 9.95. The van der Waals surface area contributed by atoms with Crippen molar-refractivity contribution in [1.82, 2.24) is 0 Å². The molecule has 62 valence electrons. The van der Waals surface area contributed by atoms with Gasteiger partial charge >= 0.3 is 0 Å². The van der Waals surface area contributed by atoms with E-state index in [1.165, 1.54) is 32.1 Å². The lowest BCUT2D eigenvalue weighted by Crippen LogP contribution is -1.92. The van der Waals surface area contributed by atoms with Gasteiger partial charge in [-0.1, -0.05) is 18.1 Å². The molecule has 0 heterocycles. The summed E-state index contributed by atoms with van der Waals surface area (Å²) in [5.41, 5.74) is 1.57. The van der Waals surface area contributed by atoms with Crippen LogP contribution >= 0.6 is 0 Å². The number of allylic oxidation sites excluding steroid dienone is 3. The van der Waals surface area contributed by atoms with Crippen molar-refractivity contribution in [3.8, 4) is 0 Å². The molecule has 1 rings (SSSR count). The van der Waals surface area contributed by atoms with Gasteiger partial charge in [-0.2, -0.15) is 0 Å². The maximum absolute atomic E-state index is 4.81. The third-order valence-corrected chi connectivity index (χ3v) is 2.04. The van der Waals surface area contributed by atoms with Gasteiger partial charge in [-0.25, -0.2) is 0 Å². The molecule has 0 amide bonds. The largest absolute Gasteiger partial charge is 0.504 e. The fourth-order valence-corrected chi connectivity index (χ4v) is 1.43. The van der Waals surface area contributed by atoms with Gasteiger partial charge in [0.25, 0.3) is 0 Å². The normalized spacial score (nSPS) is 18.8. The van der Waals surface area contributed by atoms with Crippen LogP contribution in [0.25, 0.3) is 0 Å². The average molecular weight is 152 g/mol. The molecule has 0 aromatic heterocycles. The Balaban J connectivity index is 2.31. The summed E-state index contributed by atoms with van der Waals surface area (Å²) < 4.78 is 4.81. The van der Waals surface area contributed by atoms with Crippen LogP contribution in [-0.4, -0.2) is 7.11 Å². The van der Waals surface area contributed by atoms with E-state index in [1.807, 2.05) is 6.08 Å². The maximum Gasteiger partial charge on any atom is 0.0824 e. The molecule has 0 bridgehead atoms. The van der Waals surface area contributed by atoms with Crippen molar-refractivity contribution >= 4 is 0 Å². The first-order chi connectivity index (χ1) is 5.43. The quantitative estimate of drug-likeness (QED) is 0.552. The van der Waals surface area contributed by atoms with Crippen LogP contribution in [0.4, 0.5) is 0 Å². The Hall–Kier alpha value is -0.720. The van der Waals surface area contributed by atoms with E-state index in [4.69, 9.17) is 4.74 Å². The van der Waals surface area contributed by atoms with E-state index < -0.39 is 0 Å². The molecule has 0 radical (unpaired) electrons. The van der Waals surface area contributed by atoms with Gasteiger partial charge in [0.2, 0.25) is 0 Å². The van der Waals surface area contributed by atoms with E-state index in [0.29, 0.717) is 0 Å².